The predicted octanol–water partition coefficient (Wildman–Crippen LogP) is 2.68. The highest BCUT2D eigenvalue weighted by atomic mass is 16.4. The van der Waals surface area contributed by atoms with Crippen LogP contribution in [-0.4, -0.2) is 33.8 Å². The molecule has 1 aromatic heterocycles. The zero-order chi connectivity index (χ0) is 22.5. The van der Waals surface area contributed by atoms with Crippen molar-refractivity contribution < 1.29 is 19.8 Å². The molecule has 0 spiro atoms. The molecule has 31 heavy (non-hydrogen) atoms. The lowest BCUT2D eigenvalue weighted by atomic mass is 9.34. The van der Waals surface area contributed by atoms with Gasteiger partial charge in [-0.1, -0.05) is 96.8 Å². The van der Waals surface area contributed by atoms with Crippen LogP contribution in [0.3, 0.4) is 0 Å². The molecule has 0 aliphatic carbocycles. The Kier molecular flexibility index (Phi) is 6.90. The first-order chi connectivity index (χ1) is 14.9. The predicted molar refractivity (Wildman–Crippen MR) is 124 cm³/mol. The zero-order valence-electron chi connectivity index (χ0n) is 18.1. The maximum atomic E-state index is 12.0. The third kappa shape index (κ3) is 4.38. The summed E-state index contributed by atoms with van der Waals surface area (Å²) in [6.07, 6.45) is 2.05. The Bertz CT molecular complexity index is 1080. The lowest BCUT2D eigenvalue weighted by molar-refractivity contribution is 0.0684. The Morgan fingerprint density at radius 3 is 1.71 bits per heavy atom. The molecule has 6 heteroatoms. The van der Waals surface area contributed by atoms with Crippen molar-refractivity contribution in [2.75, 3.05) is 0 Å². The smallest absolute Gasteiger partial charge is 0.354 e. The molecule has 0 saturated carbocycles. The summed E-state index contributed by atoms with van der Waals surface area (Å²) in [6.45, 7) is 5.75. The largest absolute Gasteiger partial charge is 0.477 e. The Balaban J connectivity index is 2.46. The van der Waals surface area contributed by atoms with Gasteiger partial charge in [0, 0.05) is 0 Å². The molecule has 2 aromatic carbocycles. The number of nitrogens with zero attached hydrogens (tertiary/aromatic N) is 1. The quantitative estimate of drug-likeness (QED) is 0.553. The van der Waals surface area contributed by atoms with Gasteiger partial charge in [0.2, 0.25) is 6.71 Å². The summed E-state index contributed by atoms with van der Waals surface area (Å²) in [4.78, 5) is 27.8. The number of pyridine rings is 1. The molecular formula is C25H26BNO4. The number of benzene rings is 2. The van der Waals surface area contributed by atoms with Gasteiger partial charge in [0.05, 0.1) is 0 Å². The van der Waals surface area contributed by atoms with Crippen molar-refractivity contribution in [1.29, 1.82) is 0 Å². The van der Waals surface area contributed by atoms with E-state index in [4.69, 9.17) is 0 Å². The second kappa shape index (κ2) is 9.60. The van der Waals surface area contributed by atoms with Gasteiger partial charge in [0.25, 0.3) is 0 Å². The fraction of sp³-hybridized carbons (Fsp3) is 0.240. The van der Waals surface area contributed by atoms with E-state index in [-0.39, 0.29) is 18.1 Å². The average Bonchev–Trinajstić information content (AvgIpc) is 2.79. The van der Waals surface area contributed by atoms with Crippen LogP contribution in [0.15, 0.2) is 54.6 Å². The zero-order valence-corrected chi connectivity index (χ0v) is 18.1. The van der Waals surface area contributed by atoms with E-state index in [9.17, 15) is 19.8 Å². The first-order valence-electron chi connectivity index (χ1n) is 10.6. The molecule has 3 aromatic rings. The van der Waals surface area contributed by atoms with Crippen molar-refractivity contribution in [1.82, 2.24) is 4.98 Å². The van der Waals surface area contributed by atoms with Crippen molar-refractivity contribution in [3.63, 3.8) is 0 Å². The minimum atomic E-state index is -1.24. The highest BCUT2D eigenvalue weighted by molar-refractivity contribution is 6.96. The highest BCUT2D eigenvalue weighted by Gasteiger charge is 2.31. The third-order valence-electron chi connectivity index (χ3n) is 5.74. The SMILES string of the molecule is CCc1ccccc1B(c1ccccc1CC)c1cc(C(=O)O)nc(C(=O)O)c1CC. The van der Waals surface area contributed by atoms with Gasteiger partial charge in [-0.3, -0.25) is 0 Å². The minimum Gasteiger partial charge on any atom is -0.477 e. The Hall–Kier alpha value is -3.41. The van der Waals surface area contributed by atoms with E-state index in [2.05, 4.69) is 43.1 Å². The van der Waals surface area contributed by atoms with E-state index >= 15 is 0 Å². The third-order valence-corrected chi connectivity index (χ3v) is 5.74. The number of hydrogen-bond donors (Lipinski definition) is 2. The van der Waals surface area contributed by atoms with Crippen LogP contribution in [0.1, 0.15) is 58.4 Å². The van der Waals surface area contributed by atoms with Crippen molar-refractivity contribution in [2.45, 2.75) is 40.0 Å². The number of rotatable bonds is 8. The monoisotopic (exact) mass is 415 g/mol. The Morgan fingerprint density at radius 1 is 0.774 bits per heavy atom. The molecule has 0 radical (unpaired) electrons. The first kappa shape index (κ1) is 22.3. The second-order valence-electron chi connectivity index (χ2n) is 7.43. The summed E-state index contributed by atoms with van der Waals surface area (Å²) >= 11 is 0. The number of hydrogen-bond acceptors (Lipinski definition) is 3. The van der Waals surface area contributed by atoms with E-state index in [0.29, 0.717) is 17.4 Å². The van der Waals surface area contributed by atoms with E-state index in [1.54, 1.807) is 6.07 Å². The van der Waals surface area contributed by atoms with Crippen LogP contribution in [0.5, 0.6) is 0 Å². The van der Waals surface area contributed by atoms with Gasteiger partial charge < -0.3 is 10.2 Å². The molecule has 0 amide bonds. The van der Waals surface area contributed by atoms with Crippen molar-refractivity contribution in [3.05, 3.63) is 82.7 Å². The molecule has 0 fully saturated rings. The van der Waals surface area contributed by atoms with Gasteiger partial charge in [0.15, 0.2) is 5.69 Å². The van der Waals surface area contributed by atoms with Gasteiger partial charge >= 0.3 is 11.9 Å². The number of aromatic nitrogens is 1. The fourth-order valence-corrected chi connectivity index (χ4v) is 4.29. The van der Waals surface area contributed by atoms with Crippen molar-refractivity contribution in [3.8, 4) is 0 Å². The summed E-state index contributed by atoms with van der Waals surface area (Å²) in [6, 6.07) is 17.7. The lowest BCUT2D eigenvalue weighted by Crippen LogP contribution is -2.56. The van der Waals surface area contributed by atoms with Crippen LogP contribution in [0.25, 0.3) is 0 Å². The first-order valence-corrected chi connectivity index (χ1v) is 10.6. The summed E-state index contributed by atoms with van der Waals surface area (Å²) in [5.74, 6) is -2.45. The van der Waals surface area contributed by atoms with Gasteiger partial charge in [-0.15, -0.1) is 0 Å². The summed E-state index contributed by atoms with van der Waals surface area (Å²) in [5.41, 5.74) is 5.22. The number of aryl methyl sites for hydroxylation is 2. The maximum absolute atomic E-state index is 12.0. The minimum absolute atomic E-state index is 0.189. The molecule has 0 bridgehead atoms. The number of carbonyl (C=O) groups is 2. The van der Waals surface area contributed by atoms with Crippen LogP contribution < -0.4 is 16.4 Å². The van der Waals surface area contributed by atoms with Gasteiger partial charge in [-0.25, -0.2) is 14.6 Å². The van der Waals surface area contributed by atoms with E-state index < -0.39 is 11.9 Å². The normalized spacial score (nSPS) is 10.7. The maximum Gasteiger partial charge on any atom is 0.354 e. The van der Waals surface area contributed by atoms with Gasteiger partial charge in [0.1, 0.15) is 5.69 Å². The molecule has 0 saturated heterocycles. The summed E-state index contributed by atoms with van der Waals surface area (Å²) in [5, 5.41) is 19.4. The topological polar surface area (TPSA) is 87.5 Å². The lowest BCUT2D eigenvalue weighted by Gasteiger charge is -2.24. The molecule has 2 N–H and O–H groups in total. The summed E-state index contributed by atoms with van der Waals surface area (Å²) in [7, 11) is 0. The van der Waals surface area contributed by atoms with Gasteiger partial charge in [-0.05, 0) is 30.9 Å². The summed E-state index contributed by atoms with van der Waals surface area (Å²) < 4.78 is 0. The molecular weight excluding hydrogens is 389 g/mol. The molecule has 5 nitrogen and oxygen atoms in total. The van der Waals surface area contributed by atoms with E-state index in [0.717, 1.165) is 34.9 Å². The van der Waals surface area contributed by atoms with E-state index in [1.165, 1.54) is 0 Å². The van der Waals surface area contributed by atoms with Crippen molar-refractivity contribution >= 4 is 35.0 Å². The molecule has 3 rings (SSSR count). The molecule has 0 aliphatic heterocycles. The molecule has 158 valence electrons. The molecule has 0 unspecified atom stereocenters. The number of aromatic carboxylic acids is 2. The Labute approximate surface area is 182 Å². The van der Waals surface area contributed by atoms with Crippen LogP contribution >= 0.6 is 0 Å². The van der Waals surface area contributed by atoms with Crippen LogP contribution in [-0.2, 0) is 19.3 Å². The second-order valence-corrected chi connectivity index (χ2v) is 7.43. The molecule has 0 aliphatic rings. The Morgan fingerprint density at radius 2 is 1.29 bits per heavy atom. The van der Waals surface area contributed by atoms with Gasteiger partial charge in [-0.2, -0.15) is 0 Å². The van der Waals surface area contributed by atoms with Crippen LogP contribution in [0.2, 0.25) is 0 Å². The van der Waals surface area contributed by atoms with E-state index in [1.807, 2.05) is 31.2 Å². The van der Waals surface area contributed by atoms with Crippen LogP contribution in [0.4, 0.5) is 0 Å². The molecule has 0 atom stereocenters. The van der Waals surface area contributed by atoms with Crippen molar-refractivity contribution in [2.24, 2.45) is 0 Å². The molecule has 1 heterocycles. The number of carboxylic acid groups (broad SMARTS) is 2. The standard InChI is InChI=1S/C25H26BNO4/c1-4-16-11-7-9-13-19(16)26(20-14-10-8-12-17(20)5-2)21-15-22(24(28)29)27-23(25(30)31)18(21)6-3/h7-15H,4-6H2,1-3H3,(H,28,29)(H,30,31). The average molecular weight is 415 g/mol. The highest BCUT2D eigenvalue weighted by Crippen LogP contribution is 2.13. The van der Waals surface area contributed by atoms with Crippen LogP contribution in [0, 0.1) is 0 Å². The number of carboxylic acids is 2. The fourth-order valence-electron chi connectivity index (χ4n) is 4.29.